The van der Waals surface area contributed by atoms with Gasteiger partial charge >= 0.3 is 11.9 Å². The zero-order valence-electron chi connectivity index (χ0n) is 9.37. The van der Waals surface area contributed by atoms with Crippen LogP contribution >= 0.6 is 0 Å². The van der Waals surface area contributed by atoms with E-state index in [1.807, 2.05) is 0 Å². The van der Waals surface area contributed by atoms with Gasteiger partial charge in [-0.15, -0.1) is 0 Å². The predicted molar refractivity (Wildman–Crippen MR) is 58.0 cm³/mol. The molecule has 0 spiro atoms. The maximum atomic E-state index is 11.7. The highest BCUT2D eigenvalue weighted by atomic mass is 32.2. The molecule has 0 radical (unpaired) electrons. The molecule has 0 saturated carbocycles. The van der Waals surface area contributed by atoms with Crippen LogP contribution in [0.3, 0.4) is 0 Å². The van der Waals surface area contributed by atoms with Crippen molar-refractivity contribution in [3.8, 4) is 0 Å². The summed E-state index contributed by atoms with van der Waals surface area (Å²) in [6.45, 7) is 1.85. The van der Waals surface area contributed by atoms with Gasteiger partial charge in [0.05, 0.1) is 5.75 Å². The van der Waals surface area contributed by atoms with Crippen LogP contribution in [0.25, 0.3) is 0 Å². The molecule has 1 heterocycles. The van der Waals surface area contributed by atoms with Crippen molar-refractivity contribution in [2.24, 2.45) is 5.92 Å². The third-order valence-electron chi connectivity index (χ3n) is 2.61. The highest BCUT2D eigenvalue weighted by Crippen LogP contribution is 2.24. The fraction of sp³-hybridized carbons (Fsp3) is 0.778. The van der Waals surface area contributed by atoms with Gasteiger partial charge in [-0.2, -0.15) is 4.31 Å². The Labute approximate surface area is 99.1 Å². The van der Waals surface area contributed by atoms with Crippen LogP contribution in [0, 0.1) is 5.92 Å². The zero-order valence-corrected chi connectivity index (χ0v) is 10.2. The molecule has 98 valence electrons. The van der Waals surface area contributed by atoms with Crippen LogP contribution in [0.1, 0.15) is 19.8 Å². The lowest BCUT2D eigenvalue weighted by molar-refractivity contribution is -0.142. The van der Waals surface area contributed by atoms with E-state index in [-0.39, 0.29) is 31.1 Å². The molecular formula is C9H15NO6S. The van der Waals surface area contributed by atoms with Gasteiger partial charge < -0.3 is 10.2 Å². The highest BCUT2D eigenvalue weighted by molar-refractivity contribution is 7.89. The van der Waals surface area contributed by atoms with E-state index in [1.165, 1.54) is 0 Å². The lowest BCUT2D eigenvalue weighted by atomic mass is 10.1. The molecule has 0 amide bonds. The van der Waals surface area contributed by atoms with E-state index < -0.39 is 28.0 Å². The van der Waals surface area contributed by atoms with Crippen LogP contribution in [0.2, 0.25) is 0 Å². The van der Waals surface area contributed by atoms with Crippen LogP contribution in [-0.2, 0) is 19.6 Å². The average molecular weight is 265 g/mol. The molecule has 2 unspecified atom stereocenters. The van der Waals surface area contributed by atoms with Crippen LogP contribution in [-0.4, -0.2) is 53.2 Å². The minimum atomic E-state index is -3.57. The summed E-state index contributed by atoms with van der Waals surface area (Å²) in [5.41, 5.74) is 0. The second kappa shape index (κ2) is 5.01. The lowest BCUT2D eigenvalue weighted by Crippen LogP contribution is -2.42. The van der Waals surface area contributed by atoms with Crippen molar-refractivity contribution in [2.75, 3.05) is 12.3 Å². The molecule has 0 aromatic rings. The Morgan fingerprint density at radius 3 is 2.35 bits per heavy atom. The normalized spacial score (nSPS) is 25.6. The first-order valence-electron chi connectivity index (χ1n) is 5.18. The van der Waals surface area contributed by atoms with Crippen molar-refractivity contribution in [1.29, 1.82) is 0 Å². The third-order valence-corrected chi connectivity index (χ3v) is 4.72. The molecule has 2 N–H and O–H groups in total. The molecule has 0 aromatic carbocycles. The SMILES string of the molecule is CC1CN(C(CCC(=O)O)C(=O)O)S(=O)(=O)C1. The Bertz CT molecular complexity index is 417. The Morgan fingerprint density at radius 1 is 1.41 bits per heavy atom. The average Bonchev–Trinajstić information content (AvgIpc) is 2.39. The summed E-state index contributed by atoms with van der Waals surface area (Å²) in [6, 6.07) is -1.28. The van der Waals surface area contributed by atoms with Gasteiger partial charge in [0.15, 0.2) is 0 Å². The molecule has 7 nitrogen and oxygen atoms in total. The summed E-state index contributed by atoms with van der Waals surface area (Å²) in [7, 11) is -3.57. The first-order valence-corrected chi connectivity index (χ1v) is 6.79. The van der Waals surface area contributed by atoms with Crippen molar-refractivity contribution in [3.05, 3.63) is 0 Å². The van der Waals surface area contributed by atoms with Crippen molar-refractivity contribution in [2.45, 2.75) is 25.8 Å². The fourth-order valence-electron chi connectivity index (χ4n) is 1.90. The van der Waals surface area contributed by atoms with Crippen molar-refractivity contribution in [3.63, 3.8) is 0 Å². The molecule has 1 aliphatic rings. The Morgan fingerprint density at radius 2 is 2.00 bits per heavy atom. The minimum absolute atomic E-state index is 0.0795. The lowest BCUT2D eigenvalue weighted by Gasteiger charge is -2.22. The first kappa shape index (κ1) is 13.9. The molecule has 1 fully saturated rings. The van der Waals surface area contributed by atoms with Crippen molar-refractivity contribution >= 4 is 22.0 Å². The second-order valence-corrected chi connectivity index (χ2v) is 6.21. The van der Waals surface area contributed by atoms with E-state index in [9.17, 15) is 18.0 Å². The van der Waals surface area contributed by atoms with Gasteiger partial charge in [0.25, 0.3) is 0 Å². The number of hydrogen-bond donors (Lipinski definition) is 2. The molecule has 0 aliphatic carbocycles. The van der Waals surface area contributed by atoms with E-state index in [1.54, 1.807) is 6.92 Å². The largest absolute Gasteiger partial charge is 0.481 e. The Kier molecular flexibility index (Phi) is 4.10. The van der Waals surface area contributed by atoms with Crippen LogP contribution in [0.5, 0.6) is 0 Å². The van der Waals surface area contributed by atoms with E-state index in [2.05, 4.69) is 0 Å². The quantitative estimate of drug-likeness (QED) is 0.698. The molecule has 1 aliphatic heterocycles. The van der Waals surface area contributed by atoms with Crippen LogP contribution < -0.4 is 0 Å². The monoisotopic (exact) mass is 265 g/mol. The number of aliphatic carboxylic acids is 2. The summed E-state index contributed by atoms with van der Waals surface area (Å²) in [4.78, 5) is 21.4. The van der Waals surface area contributed by atoms with E-state index >= 15 is 0 Å². The molecule has 2 atom stereocenters. The molecule has 0 bridgehead atoms. The number of sulfonamides is 1. The Hall–Kier alpha value is -1.15. The van der Waals surface area contributed by atoms with E-state index in [0.717, 1.165) is 4.31 Å². The zero-order chi connectivity index (χ0) is 13.2. The van der Waals surface area contributed by atoms with Gasteiger partial charge in [-0.05, 0) is 12.3 Å². The fourth-order valence-corrected chi connectivity index (χ4v) is 3.98. The number of nitrogens with zero attached hydrogens (tertiary/aromatic N) is 1. The smallest absolute Gasteiger partial charge is 0.322 e. The van der Waals surface area contributed by atoms with Gasteiger partial charge in [0.1, 0.15) is 6.04 Å². The molecule has 1 rings (SSSR count). The molecule has 8 heteroatoms. The first-order chi connectivity index (χ1) is 7.74. The number of carboxylic acid groups (broad SMARTS) is 2. The topological polar surface area (TPSA) is 112 Å². The number of rotatable bonds is 5. The molecule has 1 saturated heterocycles. The number of carboxylic acids is 2. The minimum Gasteiger partial charge on any atom is -0.481 e. The maximum absolute atomic E-state index is 11.7. The molecule has 17 heavy (non-hydrogen) atoms. The van der Waals surface area contributed by atoms with Gasteiger partial charge in [0, 0.05) is 13.0 Å². The van der Waals surface area contributed by atoms with E-state index in [0.29, 0.717) is 0 Å². The maximum Gasteiger partial charge on any atom is 0.322 e. The highest BCUT2D eigenvalue weighted by Gasteiger charge is 2.41. The molecular weight excluding hydrogens is 250 g/mol. The van der Waals surface area contributed by atoms with Crippen LogP contribution in [0.15, 0.2) is 0 Å². The van der Waals surface area contributed by atoms with Gasteiger partial charge in [0.2, 0.25) is 10.0 Å². The van der Waals surface area contributed by atoms with Gasteiger partial charge in [-0.3, -0.25) is 9.59 Å². The molecule has 0 aromatic heterocycles. The number of hydrogen-bond acceptors (Lipinski definition) is 4. The number of carbonyl (C=O) groups is 2. The second-order valence-electron chi connectivity index (χ2n) is 4.24. The standard InChI is InChI=1S/C9H15NO6S/c1-6-4-10(17(15,16)5-6)7(9(13)14)2-3-8(11)12/h6-7H,2-5H2,1H3,(H,11,12)(H,13,14). The summed E-state index contributed by atoms with van der Waals surface area (Å²) < 4.78 is 24.3. The summed E-state index contributed by atoms with van der Waals surface area (Å²) in [6.07, 6.45) is -0.575. The van der Waals surface area contributed by atoms with Crippen LogP contribution in [0.4, 0.5) is 0 Å². The summed E-state index contributed by atoms with van der Waals surface area (Å²) in [5.74, 6) is -2.65. The Balaban J connectivity index is 2.84. The van der Waals surface area contributed by atoms with Crippen molar-refractivity contribution in [1.82, 2.24) is 4.31 Å². The summed E-state index contributed by atoms with van der Waals surface area (Å²) >= 11 is 0. The predicted octanol–water partition coefficient (Wildman–Crippen LogP) is -0.414. The van der Waals surface area contributed by atoms with E-state index in [4.69, 9.17) is 10.2 Å². The van der Waals surface area contributed by atoms with Crippen molar-refractivity contribution < 1.29 is 28.2 Å². The third kappa shape index (κ3) is 3.40. The summed E-state index contributed by atoms with van der Waals surface area (Å²) in [5, 5.41) is 17.5. The van der Waals surface area contributed by atoms with Gasteiger partial charge in [-0.25, -0.2) is 8.42 Å². The van der Waals surface area contributed by atoms with Gasteiger partial charge in [-0.1, -0.05) is 6.92 Å².